The third-order valence-corrected chi connectivity index (χ3v) is 5.66. The minimum Gasteiger partial charge on any atom is -0.454 e. The Labute approximate surface area is 172 Å². The zero-order valence-corrected chi connectivity index (χ0v) is 17.4. The molecule has 0 radical (unpaired) electrons. The van der Waals surface area contributed by atoms with Crippen LogP contribution < -0.4 is 14.8 Å². The average Bonchev–Trinajstić information content (AvgIpc) is 3.17. The summed E-state index contributed by atoms with van der Waals surface area (Å²) in [5, 5.41) is 3.16. The van der Waals surface area contributed by atoms with E-state index in [1.807, 2.05) is 30.0 Å². The number of carbonyl (C=O) groups is 1. The lowest BCUT2D eigenvalue weighted by Gasteiger charge is -2.35. The van der Waals surface area contributed by atoms with Crippen LogP contribution >= 0.6 is 0 Å². The number of nitrogens with zero attached hydrogens (tertiary/aromatic N) is 2. The topological polar surface area (TPSA) is 54.0 Å². The van der Waals surface area contributed by atoms with E-state index in [0.29, 0.717) is 12.7 Å². The van der Waals surface area contributed by atoms with Crippen LogP contribution in [0.25, 0.3) is 0 Å². The van der Waals surface area contributed by atoms with E-state index in [-0.39, 0.29) is 6.03 Å². The van der Waals surface area contributed by atoms with Crippen LogP contribution in [0.5, 0.6) is 11.5 Å². The van der Waals surface area contributed by atoms with E-state index < -0.39 is 0 Å². The molecule has 0 atom stereocenters. The van der Waals surface area contributed by atoms with Gasteiger partial charge in [0.25, 0.3) is 0 Å². The van der Waals surface area contributed by atoms with Crippen LogP contribution in [0.2, 0.25) is 0 Å². The van der Waals surface area contributed by atoms with Gasteiger partial charge in [0, 0.05) is 38.4 Å². The first-order valence-electron chi connectivity index (χ1n) is 10.3. The fourth-order valence-corrected chi connectivity index (χ4v) is 3.93. The van der Waals surface area contributed by atoms with Crippen LogP contribution in [0.4, 0.5) is 10.5 Å². The molecule has 2 aliphatic rings. The summed E-state index contributed by atoms with van der Waals surface area (Å²) >= 11 is 0. The fraction of sp³-hybridized carbons (Fsp3) is 0.435. The molecule has 154 valence electrons. The van der Waals surface area contributed by atoms with Crippen LogP contribution in [0.3, 0.4) is 0 Å². The molecule has 1 saturated heterocycles. The molecule has 0 aromatic heterocycles. The van der Waals surface area contributed by atoms with E-state index in [2.05, 4.69) is 42.3 Å². The highest BCUT2D eigenvalue weighted by atomic mass is 16.7. The molecule has 0 spiro atoms. The Morgan fingerprint density at radius 3 is 2.59 bits per heavy atom. The largest absolute Gasteiger partial charge is 0.454 e. The van der Waals surface area contributed by atoms with Crippen LogP contribution in [-0.4, -0.2) is 48.8 Å². The van der Waals surface area contributed by atoms with Gasteiger partial charge in [-0.2, -0.15) is 0 Å². The molecule has 2 aliphatic heterocycles. The zero-order valence-electron chi connectivity index (χ0n) is 17.4. The standard InChI is InChI=1S/C23H29N3O3/c1-16(2)19-6-4-5-17(3)22(19)24-23(27)26-11-9-25(10-12-26)14-18-7-8-20-21(13-18)29-15-28-20/h4-8,13,16H,9-12,14-15H2,1-3H3,(H,24,27). The molecule has 4 rings (SSSR count). The Morgan fingerprint density at radius 1 is 1.07 bits per heavy atom. The predicted molar refractivity (Wildman–Crippen MR) is 114 cm³/mol. The summed E-state index contributed by atoms with van der Waals surface area (Å²) in [5.74, 6) is 2.00. The summed E-state index contributed by atoms with van der Waals surface area (Å²) in [6.45, 7) is 10.6. The van der Waals surface area contributed by atoms with Gasteiger partial charge in [-0.3, -0.25) is 4.90 Å². The molecular weight excluding hydrogens is 366 g/mol. The summed E-state index contributed by atoms with van der Waals surface area (Å²) in [4.78, 5) is 17.1. The third-order valence-electron chi connectivity index (χ3n) is 5.66. The number of carbonyl (C=O) groups excluding carboxylic acids is 1. The highest BCUT2D eigenvalue weighted by molar-refractivity contribution is 5.91. The van der Waals surface area contributed by atoms with E-state index in [4.69, 9.17) is 9.47 Å². The molecule has 2 aromatic carbocycles. The Bertz CT molecular complexity index is 889. The lowest BCUT2D eigenvalue weighted by molar-refractivity contribution is 0.143. The van der Waals surface area contributed by atoms with Gasteiger partial charge in [-0.05, 0) is 41.7 Å². The Morgan fingerprint density at radius 2 is 1.83 bits per heavy atom. The maximum Gasteiger partial charge on any atom is 0.321 e. The first kappa shape index (κ1) is 19.6. The third kappa shape index (κ3) is 4.32. The Kier molecular flexibility index (Phi) is 5.62. The van der Waals surface area contributed by atoms with Crippen molar-refractivity contribution in [2.24, 2.45) is 0 Å². The minimum absolute atomic E-state index is 0.0103. The second kappa shape index (κ2) is 8.33. The summed E-state index contributed by atoms with van der Waals surface area (Å²) in [6, 6.07) is 12.3. The molecule has 29 heavy (non-hydrogen) atoms. The maximum absolute atomic E-state index is 12.9. The molecular formula is C23H29N3O3. The number of benzene rings is 2. The Balaban J connectivity index is 1.33. The molecule has 1 fully saturated rings. The smallest absolute Gasteiger partial charge is 0.321 e. The van der Waals surface area contributed by atoms with Crippen LogP contribution in [0.15, 0.2) is 36.4 Å². The highest BCUT2D eigenvalue weighted by Gasteiger charge is 2.23. The van der Waals surface area contributed by atoms with E-state index in [0.717, 1.165) is 55.5 Å². The van der Waals surface area contributed by atoms with Gasteiger partial charge in [0.1, 0.15) is 0 Å². The van der Waals surface area contributed by atoms with Crippen molar-refractivity contribution < 1.29 is 14.3 Å². The minimum atomic E-state index is -0.0103. The number of fused-ring (bicyclic) bond motifs is 1. The van der Waals surface area contributed by atoms with Crippen LogP contribution in [0.1, 0.15) is 36.5 Å². The molecule has 0 unspecified atom stereocenters. The maximum atomic E-state index is 12.9. The highest BCUT2D eigenvalue weighted by Crippen LogP contribution is 2.33. The molecule has 2 amide bonds. The normalized spacial score (nSPS) is 16.3. The van der Waals surface area contributed by atoms with Crippen LogP contribution in [-0.2, 0) is 6.54 Å². The van der Waals surface area contributed by atoms with E-state index >= 15 is 0 Å². The second-order valence-corrected chi connectivity index (χ2v) is 8.07. The van der Waals surface area contributed by atoms with Gasteiger partial charge >= 0.3 is 6.03 Å². The summed E-state index contributed by atoms with van der Waals surface area (Å²) in [6.07, 6.45) is 0. The summed E-state index contributed by atoms with van der Waals surface area (Å²) < 4.78 is 10.8. The van der Waals surface area contributed by atoms with Crippen molar-refractivity contribution in [2.75, 3.05) is 38.3 Å². The molecule has 0 aliphatic carbocycles. The van der Waals surface area contributed by atoms with Crippen molar-refractivity contribution in [1.82, 2.24) is 9.80 Å². The number of urea groups is 1. The first-order chi connectivity index (χ1) is 14.0. The second-order valence-electron chi connectivity index (χ2n) is 8.07. The van der Waals surface area contributed by atoms with E-state index in [1.165, 1.54) is 11.1 Å². The quantitative estimate of drug-likeness (QED) is 0.843. The van der Waals surface area contributed by atoms with Crippen molar-refractivity contribution in [3.8, 4) is 11.5 Å². The fourth-order valence-electron chi connectivity index (χ4n) is 3.93. The van der Waals surface area contributed by atoms with E-state index in [1.54, 1.807) is 0 Å². The molecule has 6 heteroatoms. The van der Waals surface area contributed by atoms with E-state index in [9.17, 15) is 4.79 Å². The number of piperazine rings is 1. The van der Waals surface area contributed by atoms with Gasteiger partial charge < -0.3 is 19.7 Å². The van der Waals surface area contributed by atoms with Crippen LogP contribution in [0, 0.1) is 6.92 Å². The number of hydrogen-bond acceptors (Lipinski definition) is 4. The molecule has 0 bridgehead atoms. The monoisotopic (exact) mass is 395 g/mol. The number of hydrogen-bond donors (Lipinski definition) is 1. The molecule has 2 heterocycles. The lowest BCUT2D eigenvalue weighted by atomic mass is 9.98. The SMILES string of the molecule is Cc1cccc(C(C)C)c1NC(=O)N1CCN(Cc2ccc3c(c2)OCO3)CC1. The number of para-hydroxylation sites is 1. The number of nitrogens with one attached hydrogen (secondary N) is 1. The number of rotatable bonds is 4. The first-order valence-corrected chi connectivity index (χ1v) is 10.3. The summed E-state index contributed by atoms with van der Waals surface area (Å²) in [5.41, 5.74) is 4.44. The molecule has 0 saturated carbocycles. The summed E-state index contributed by atoms with van der Waals surface area (Å²) in [7, 11) is 0. The van der Waals surface area contributed by atoms with Crippen molar-refractivity contribution >= 4 is 11.7 Å². The molecule has 6 nitrogen and oxygen atoms in total. The van der Waals surface area contributed by atoms with Gasteiger partial charge in [0.15, 0.2) is 11.5 Å². The predicted octanol–water partition coefficient (Wildman–Crippen LogP) is 4.20. The number of amides is 2. The van der Waals surface area contributed by atoms with Gasteiger partial charge in [0.2, 0.25) is 6.79 Å². The van der Waals surface area contributed by atoms with Gasteiger partial charge in [-0.1, -0.05) is 38.1 Å². The average molecular weight is 396 g/mol. The van der Waals surface area contributed by atoms with Crippen molar-refractivity contribution in [3.63, 3.8) is 0 Å². The zero-order chi connectivity index (χ0) is 20.4. The molecule has 2 aromatic rings. The number of ether oxygens (including phenoxy) is 2. The lowest BCUT2D eigenvalue weighted by Crippen LogP contribution is -2.49. The van der Waals surface area contributed by atoms with Gasteiger partial charge in [0.05, 0.1) is 0 Å². The van der Waals surface area contributed by atoms with Crippen molar-refractivity contribution in [2.45, 2.75) is 33.2 Å². The van der Waals surface area contributed by atoms with Crippen molar-refractivity contribution in [1.29, 1.82) is 0 Å². The number of aryl methyl sites for hydroxylation is 1. The molecule has 1 N–H and O–H groups in total. The van der Waals surface area contributed by atoms with Gasteiger partial charge in [-0.15, -0.1) is 0 Å². The van der Waals surface area contributed by atoms with Gasteiger partial charge in [-0.25, -0.2) is 4.79 Å². The number of anilines is 1. The van der Waals surface area contributed by atoms with Crippen molar-refractivity contribution in [3.05, 3.63) is 53.1 Å². The Hall–Kier alpha value is -2.73.